The lowest BCUT2D eigenvalue weighted by molar-refractivity contribution is 0.0731. The van der Waals surface area contributed by atoms with Crippen molar-refractivity contribution in [3.8, 4) is 0 Å². The highest BCUT2D eigenvalue weighted by Crippen LogP contribution is 2.33. The van der Waals surface area contributed by atoms with Gasteiger partial charge in [-0.05, 0) is 33.6 Å². The summed E-state index contributed by atoms with van der Waals surface area (Å²) >= 11 is 0. The van der Waals surface area contributed by atoms with E-state index < -0.39 is 0 Å². The Balaban J connectivity index is 1.93. The molecule has 1 unspecified atom stereocenters. The maximum atomic E-state index is 13.0. The number of nitrogens with zero attached hydrogens (tertiary/aromatic N) is 5. The minimum atomic E-state index is -0.0352. The molecule has 7 heteroatoms. The Morgan fingerprint density at radius 1 is 1.21 bits per heavy atom. The maximum Gasteiger partial charge on any atom is 0.257 e. The van der Waals surface area contributed by atoms with E-state index in [-0.39, 0.29) is 11.9 Å². The summed E-state index contributed by atoms with van der Waals surface area (Å²) in [5.74, 6) is 2.11. The molecule has 1 aliphatic heterocycles. The van der Waals surface area contributed by atoms with Crippen LogP contribution in [0.15, 0.2) is 12.3 Å². The molecule has 1 atom stereocenters. The number of amides is 1. The van der Waals surface area contributed by atoms with E-state index in [1.54, 1.807) is 6.20 Å². The largest absolute Gasteiger partial charge is 0.373 e. The fraction of sp³-hybridized carbons (Fsp3) is 0.471. The molecule has 0 bridgehead atoms. The fourth-order valence-electron chi connectivity index (χ4n) is 3.15. The average Bonchev–Trinajstić information content (AvgIpc) is 3.03. The summed E-state index contributed by atoms with van der Waals surface area (Å²) in [6.45, 7) is 6.25. The molecule has 7 nitrogen and oxygen atoms in total. The van der Waals surface area contributed by atoms with Crippen LogP contribution in [0.5, 0.6) is 0 Å². The van der Waals surface area contributed by atoms with Gasteiger partial charge in [-0.3, -0.25) is 4.79 Å². The van der Waals surface area contributed by atoms with Crippen LogP contribution in [0.25, 0.3) is 0 Å². The molecule has 1 amide bonds. The number of aromatic nitrogens is 4. The van der Waals surface area contributed by atoms with Gasteiger partial charge in [-0.2, -0.15) is 0 Å². The van der Waals surface area contributed by atoms with E-state index in [9.17, 15) is 4.79 Å². The summed E-state index contributed by atoms with van der Waals surface area (Å²) in [4.78, 5) is 32.2. The SMILES string of the molecule is CNc1cc(C2CCCN2C(=O)c2cnc(C)nc2C)nc(C)n1. The van der Waals surface area contributed by atoms with Gasteiger partial charge in [0.1, 0.15) is 17.5 Å². The van der Waals surface area contributed by atoms with Gasteiger partial charge in [0.05, 0.1) is 23.0 Å². The number of hydrogen-bond donors (Lipinski definition) is 1. The summed E-state index contributed by atoms with van der Waals surface area (Å²) in [6, 6.07) is 1.88. The van der Waals surface area contributed by atoms with E-state index in [0.29, 0.717) is 22.9 Å². The number of carbonyl (C=O) groups is 1. The summed E-state index contributed by atoms with van der Waals surface area (Å²) in [5.41, 5.74) is 2.16. The zero-order valence-corrected chi connectivity index (χ0v) is 14.5. The second-order valence-corrected chi connectivity index (χ2v) is 6.05. The van der Waals surface area contributed by atoms with Crippen molar-refractivity contribution < 1.29 is 4.79 Å². The lowest BCUT2D eigenvalue weighted by Crippen LogP contribution is -2.32. The Hall–Kier alpha value is -2.57. The van der Waals surface area contributed by atoms with Gasteiger partial charge in [0.15, 0.2) is 0 Å². The van der Waals surface area contributed by atoms with Crippen molar-refractivity contribution in [3.63, 3.8) is 0 Å². The number of likely N-dealkylation sites (tertiary alicyclic amines) is 1. The number of anilines is 1. The molecular weight excluding hydrogens is 304 g/mol. The van der Waals surface area contributed by atoms with Crippen molar-refractivity contribution in [2.24, 2.45) is 0 Å². The molecule has 1 N–H and O–H groups in total. The molecule has 126 valence electrons. The highest BCUT2D eigenvalue weighted by Gasteiger charge is 2.33. The molecule has 1 aliphatic rings. The van der Waals surface area contributed by atoms with Crippen LogP contribution >= 0.6 is 0 Å². The monoisotopic (exact) mass is 326 g/mol. The van der Waals surface area contributed by atoms with E-state index in [4.69, 9.17) is 0 Å². The topological polar surface area (TPSA) is 83.9 Å². The second-order valence-electron chi connectivity index (χ2n) is 6.05. The lowest BCUT2D eigenvalue weighted by Gasteiger charge is -2.25. The Kier molecular flexibility index (Phi) is 4.42. The van der Waals surface area contributed by atoms with Gasteiger partial charge in [-0.1, -0.05) is 0 Å². The molecule has 1 saturated heterocycles. The summed E-state index contributed by atoms with van der Waals surface area (Å²) < 4.78 is 0. The second kappa shape index (κ2) is 6.51. The molecule has 0 saturated carbocycles. The van der Waals surface area contributed by atoms with Crippen molar-refractivity contribution in [2.75, 3.05) is 18.9 Å². The van der Waals surface area contributed by atoms with Gasteiger partial charge in [0.2, 0.25) is 0 Å². The number of carbonyl (C=O) groups excluding carboxylic acids is 1. The molecule has 24 heavy (non-hydrogen) atoms. The first-order valence-corrected chi connectivity index (χ1v) is 8.14. The normalized spacial score (nSPS) is 17.2. The molecule has 2 aromatic heterocycles. The smallest absolute Gasteiger partial charge is 0.257 e. The number of aryl methyl sites for hydroxylation is 3. The van der Waals surface area contributed by atoms with E-state index >= 15 is 0 Å². The van der Waals surface area contributed by atoms with E-state index in [2.05, 4.69) is 25.3 Å². The Bertz CT molecular complexity index is 776. The molecule has 0 aromatic carbocycles. The third-order valence-corrected chi connectivity index (χ3v) is 4.30. The first kappa shape index (κ1) is 16.3. The number of rotatable bonds is 3. The van der Waals surface area contributed by atoms with E-state index in [1.165, 1.54) is 0 Å². The van der Waals surface area contributed by atoms with Gasteiger partial charge in [-0.25, -0.2) is 19.9 Å². The molecule has 2 aromatic rings. The van der Waals surface area contributed by atoms with Crippen LogP contribution in [0.4, 0.5) is 5.82 Å². The van der Waals surface area contributed by atoms with Gasteiger partial charge >= 0.3 is 0 Å². The van der Waals surface area contributed by atoms with Crippen LogP contribution < -0.4 is 5.32 Å². The first-order valence-electron chi connectivity index (χ1n) is 8.14. The lowest BCUT2D eigenvalue weighted by atomic mass is 10.1. The van der Waals surface area contributed by atoms with Crippen molar-refractivity contribution in [2.45, 2.75) is 39.7 Å². The van der Waals surface area contributed by atoms with E-state index in [1.807, 2.05) is 38.8 Å². The Morgan fingerprint density at radius 3 is 2.71 bits per heavy atom. The van der Waals surface area contributed by atoms with Crippen molar-refractivity contribution >= 4 is 11.7 Å². The Labute approximate surface area is 141 Å². The van der Waals surface area contributed by atoms with Crippen LogP contribution in [-0.4, -0.2) is 44.3 Å². The zero-order valence-electron chi connectivity index (χ0n) is 14.5. The highest BCUT2D eigenvalue weighted by atomic mass is 16.2. The van der Waals surface area contributed by atoms with Crippen LogP contribution in [0.3, 0.4) is 0 Å². The fourth-order valence-corrected chi connectivity index (χ4v) is 3.15. The molecule has 0 aliphatic carbocycles. The molecule has 3 heterocycles. The number of hydrogen-bond acceptors (Lipinski definition) is 6. The van der Waals surface area contributed by atoms with Crippen molar-refractivity contribution in [1.82, 2.24) is 24.8 Å². The Morgan fingerprint density at radius 2 is 2.00 bits per heavy atom. The van der Waals surface area contributed by atoms with Crippen molar-refractivity contribution in [1.29, 1.82) is 0 Å². The minimum absolute atomic E-state index is 0.0303. The molecule has 3 rings (SSSR count). The standard InChI is InChI=1S/C17H22N6O/c1-10-13(9-19-11(2)20-10)17(24)23-7-5-6-15(23)14-8-16(18-4)22-12(3)21-14/h8-9,15H,5-7H2,1-4H3,(H,18,21,22). The predicted octanol–water partition coefficient (Wildman–Crippen LogP) is 2.21. The molecule has 0 radical (unpaired) electrons. The quantitative estimate of drug-likeness (QED) is 0.931. The summed E-state index contributed by atoms with van der Waals surface area (Å²) in [7, 11) is 1.83. The zero-order chi connectivity index (χ0) is 17.3. The molecule has 0 spiro atoms. The third-order valence-electron chi connectivity index (χ3n) is 4.30. The van der Waals surface area contributed by atoms with Gasteiger partial charge in [0, 0.05) is 25.9 Å². The van der Waals surface area contributed by atoms with E-state index in [0.717, 1.165) is 30.9 Å². The minimum Gasteiger partial charge on any atom is -0.373 e. The summed E-state index contributed by atoms with van der Waals surface area (Å²) in [6.07, 6.45) is 3.48. The first-order chi connectivity index (χ1) is 11.5. The van der Waals surface area contributed by atoms with Crippen LogP contribution in [-0.2, 0) is 0 Å². The third kappa shape index (κ3) is 3.06. The average molecular weight is 326 g/mol. The summed E-state index contributed by atoms with van der Waals surface area (Å²) in [5, 5.41) is 3.05. The van der Waals surface area contributed by atoms with Crippen LogP contribution in [0, 0.1) is 20.8 Å². The van der Waals surface area contributed by atoms with Gasteiger partial charge in [0.25, 0.3) is 5.91 Å². The highest BCUT2D eigenvalue weighted by molar-refractivity contribution is 5.95. The predicted molar refractivity (Wildman–Crippen MR) is 90.8 cm³/mol. The maximum absolute atomic E-state index is 13.0. The van der Waals surface area contributed by atoms with Gasteiger partial charge < -0.3 is 10.2 Å². The van der Waals surface area contributed by atoms with Crippen LogP contribution in [0.1, 0.15) is 52.3 Å². The number of nitrogens with one attached hydrogen (secondary N) is 1. The molecule has 1 fully saturated rings. The van der Waals surface area contributed by atoms with Crippen LogP contribution in [0.2, 0.25) is 0 Å². The van der Waals surface area contributed by atoms with Gasteiger partial charge in [-0.15, -0.1) is 0 Å². The molecular formula is C17H22N6O. The van der Waals surface area contributed by atoms with Crippen molar-refractivity contribution in [3.05, 3.63) is 40.9 Å².